The molecule has 5 nitrogen and oxygen atoms in total. The highest BCUT2D eigenvalue weighted by atomic mass is 79.9. The van der Waals surface area contributed by atoms with E-state index in [1.54, 1.807) is 11.6 Å². The van der Waals surface area contributed by atoms with Crippen molar-refractivity contribution < 1.29 is 27.5 Å². The number of halogens is 5. The molecule has 3 aromatic rings. The number of aliphatic carboxylic acids is 1. The van der Waals surface area contributed by atoms with Gasteiger partial charge < -0.3 is 10.4 Å². The number of aliphatic imine (C=N–C) groups is 1. The third-order valence-electron chi connectivity index (χ3n) is 4.96. The Hall–Kier alpha value is -3.05. The second-order valence-corrected chi connectivity index (χ2v) is 8.44. The first-order valence-corrected chi connectivity index (χ1v) is 11.4. The van der Waals surface area contributed by atoms with E-state index < -0.39 is 29.6 Å². The SMILES string of the molecule is O=C(O)C1=C(CBr)NC(c2nccs2)=NC1c1ccc(F)cc1-c1ccc(C(F)(F)F)cc1. The Bertz CT molecular complexity index is 1260. The van der Waals surface area contributed by atoms with Gasteiger partial charge in [-0.25, -0.2) is 14.2 Å². The van der Waals surface area contributed by atoms with Gasteiger partial charge in [-0.05, 0) is 41.0 Å². The maximum atomic E-state index is 14.2. The minimum absolute atomic E-state index is 0.0630. The number of carboxylic acids is 1. The van der Waals surface area contributed by atoms with Crippen molar-refractivity contribution in [2.45, 2.75) is 12.2 Å². The van der Waals surface area contributed by atoms with Crippen LogP contribution in [0.4, 0.5) is 17.6 Å². The smallest absolute Gasteiger partial charge is 0.416 e. The summed E-state index contributed by atoms with van der Waals surface area (Å²) in [5.41, 5.74) is 0.311. The minimum Gasteiger partial charge on any atom is -0.478 e. The number of nitrogens with zero attached hydrogens (tertiary/aromatic N) is 2. The molecule has 1 aliphatic rings. The lowest BCUT2D eigenvalue weighted by Gasteiger charge is -2.26. The van der Waals surface area contributed by atoms with Crippen LogP contribution in [0.5, 0.6) is 0 Å². The number of carbonyl (C=O) groups is 1. The molecule has 0 radical (unpaired) electrons. The Balaban J connectivity index is 1.90. The van der Waals surface area contributed by atoms with Gasteiger partial charge in [0.15, 0.2) is 10.8 Å². The van der Waals surface area contributed by atoms with Crippen LogP contribution in [0.2, 0.25) is 0 Å². The van der Waals surface area contributed by atoms with Gasteiger partial charge >= 0.3 is 12.1 Å². The number of amidine groups is 1. The number of aromatic nitrogens is 1. The summed E-state index contributed by atoms with van der Waals surface area (Å²) in [7, 11) is 0. The first kappa shape index (κ1) is 23.1. The van der Waals surface area contributed by atoms with Crippen LogP contribution in [-0.4, -0.2) is 27.2 Å². The first-order valence-electron chi connectivity index (χ1n) is 9.43. The van der Waals surface area contributed by atoms with Crippen LogP contribution in [-0.2, 0) is 11.0 Å². The fourth-order valence-electron chi connectivity index (χ4n) is 3.48. The van der Waals surface area contributed by atoms with Crippen LogP contribution in [0.15, 0.2) is 70.3 Å². The standard InChI is InChI=1S/C22H14BrF4N3O2S/c23-10-16-17(21(31)32)18(30-19(29-16)20-28-7-8-33-20)14-6-5-13(24)9-15(14)11-1-3-12(4-2-11)22(25,26)27/h1-9,18H,10H2,(H,29,30)(H,31,32). The molecule has 4 rings (SSSR count). The number of rotatable bonds is 5. The van der Waals surface area contributed by atoms with Gasteiger partial charge in [0.25, 0.3) is 0 Å². The number of carboxylic acid groups (broad SMARTS) is 1. The molecular formula is C22H14BrF4N3O2S. The van der Waals surface area contributed by atoms with Gasteiger partial charge in [0.2, 0.25) is 0 Å². The highest BCUT2D eigenvalue weighted by Gasteiger charge is 2.34. The minimum atomic E-state index is -4.52. The zero-order chi connectivity index (χ0) is 23.8. The number of nitrogens with one attached hydrogen (secondary N) is 1. The highest BCUT2D eigenvalue weighted by Crippen LogP contribution is 2.39. The second-order valence-electron chi connectivity index (χ2n) is 6.98. The number of thiazole rings is 1. The molecule has 2 aromatic carbocycles. The molecule has 33 heavy (non-hydrogen) atoms. The molecule has 170 valence electrons. The van der Waals surface area contributed by atoms with Gasteiger partial charge in [0.1, 0.15) is 11.9 Å². The number of alkyl halides is 4. The molecule has 2 N–H and O–H groups in total. The molecule has 0 aliphatic carbocycles. The maximum Gasteiger partial charge on any atom is 0.416 e. The normalized spacial score (nSPS) is 16.4. The molecule has 0 bridgehead atoms. The summed E-state index contributed by atoms with van der Waals surface area (Å²) >= 11 is 4.59. The van der Waals surface area contributed by atoms with E-state index in [0.717, 1.165) is 24.3 Å². The Morgan fingerprint density at radius 3 is 2.48 bits per heavy atom. The monoisotopic (exact) mass is 539 g/mol. The predicted molar refractivity (Wildman–Crippen MR) is 120 cm³/mol. The summed E-state index contributed by atoms with van der Waals surface area (Å²) in [6.45, 7) is 0. The molecule has 0 saturated carbocycles. The summed E-state index contributed by atoms with van der Waals surface area (Å²) in [5.74, 6) is -1.50. The van der Waals surface area contributed by atoms with E-state index in [2.05, 4.69) is 31.2 Å². The molecular weight excluding hydrogens is 526 g/mol. The van der Waals surface area contributed by atoms with Gasteiger partial charge in [-0.1, -0.05) is 34.1 Å². The van der Waals surface area contributed by atoms with E-state index in [1.807, 2.05) is 0 Å². The molecule has 1 aromatic heterocycles. The summed E-state index contributed by atoms with van der Waals surface area (Å²) in [6, 6.07) is 6.92. The Labute approximate surface area is 197 Å². The molecule has 1 atom stereocenters. The number of benzene rings is 2. The van der Waals surface area contributed by atoms with Crippen molar-refractivity contribution in [2.75, 3.05) is 5.33 Å². The molecule has 2 heterocycles. The summed E-state index contributed by atoms with van der Waals surface area (Å²) in [5, 5.41) is 15.4. The van der Waals surface area contributed by atoms with Gasteiger partial charge in [-0.2, -0.15) is 13.2 Å². The fourth-order valence-corrected chi connectivity index (χ4v) is 4.51. The fraction of sp³-hybridized carbons (Fsp3) is 0.136. The van der Waals surface area contributed by atoms with Crippen molar-refractivity contribution in [1.82, 2.24) is 10.3 Å². The largest absolute Gasteiger partial charge is 0.478 e. The van der Waals surface area contributed by atoms with E-state index in [4.69, 9.17) is 0 Å². The van der Waals surface area contributed by atoms with Crippen molar-refractivity contribution in [1.29, 1.82) is 0 Å². The average molecular weight is 540 g/mol. The summed E-state index contributed by atoms with van der Waals surface area (Å²) in [4.78, 5) is 20.9. The predicted octanol–water partition coefficient (Wildman–Crippen LogP) is 5.79. The van der Waals surface area contributed by atoms with Crippen molar-refractivity contribution in [3.05, 3.63) is 87.3 Å². The molecule has 0 spiro atoms. The van der Waals surface area contributed by atoms with E-state index >= 15 is 0 Å². The third kappa shape index (κ3) is 4.69. The first-order chi connectivity index (χ1) is 15.7. The number of allylic oxidation sites excluding steroid dienone is 1. The van der Waals surface area contributed by atoms with Crippen molar-refractivity contribution >= 4 is 39.1 Å². The topological polar surface area (TPSA) is 74.6 Å². The molecule has 11 heteroatoms. The Morgan fingerprint density at radius 2 is 1.91 bits per heavy atom. The zero-order valence-electron chi connectivity index (χ0n) is 16.5. The van der Waals surface area contributed by atoms with Crippen LogP contribution in [0.3, 0.4) is 0 Å². The van der Waals surface area contributed by atoms with E-state index in [9.17, 15) is 27.5 Å². The second kappa shape index (κ2) is 9.06. The Kier molecular flexibility index (Phi) is 6.35. The van der Waals surface area contributed by atoms with Crippen LogP contribution < -0.4 is 5.32 Å². The molecule has 0 fully saturated rings. The van der Waals surface area contributed by atoms with Crippen molar-refractivity contribution in [3.8, 4) is 11.1 Å². The van der Waals surface area contributed by atoms with Crippen LogP contribution in [0.25, 0.3) is 11.1 Å². The van der Waals surface area contributed by atoms with E-state index in [-0.39, 0.29) is 16.5 Å². The maximum absolute atomic E-state index is 14.2. The van der Waals surface area contributed by atoms with E-state index in [1.165, 1.54) is 29.5 Å². The zero-order valence-corrected chi connectivity index (χ0v) is 18.9. The molecule has 0 saturated heterocycles. The third-order valence-corrected chi connectivity index (χ3v) is 6.30. The van der Waals surface area contributed by atoms with Gasteiger partial charge in [-0.3, -0.25) is 4.99 Å². The lowest BCUT2D eigenvalue weighted by atomic mass is 9.89. The van der Waals surface area contributed by atoms with Crippen LogP contribution >= 0.6 is 27.3 Å². The Morgan fingerprint density at radius 1 is 1.18 bits per heavy atom. The van der Waals surface area contributed by atoms with Crippen LogP contribution in [0, 0.1) is 5.82 Å². The molecule has 1 unspecified atom stereocenters. The van der Waals surface area contributed by atoms with Crippen molar-refractivity contribution in [2.24, 2.45) is 4.99 Å². The van der Waals surface area contributed by atoms with Gasteiger partial charge in [0.05, 0.1) is 11.1 Å². The lowest BCUT2D eigenvalue weighted by molar-refractivity contribution is -0.137. The average Bonchev–Trinajstić information content (AvgIpc) is 3.32. The highest BCUT2D eigenvalue weighted by molar-refractivity contribution is 9.09. The van der Waals surface area contributed by atoms with E-state index in [0.29, 0.717) is 27.7 Å². The number of hydrogen-bond donors (Lipinski definition) is 2. The molecule has 1 aliphatic heterocycles. The van der Waals surface area contributed by atoms with Crippen LogP contribution in [0.1, 0.15) is 22.2 Å². The number of hydrogen-bond acceptors (Lipinski definition) is 5. The molecule has 0 amide bonds. The summed E-state index contributed by atoms with van der Waals surface area (Å²) < 4.78 is 53.2. The lowest BCUT2D eigenvalue weighted by Crippen LogP contribution is -2.34. The quantitative estimate of drug-likeness (QED) is 0.317. The van der Waals surface area contributed by atoms with Gasteiger partial charge in [0, 0.05) is 22.6 Å². The van der Waals surface area contributed by atoms with Crippen molar-refractivity contribution in [3.63, 3.8) is 0 Å². The summed E-state index contributed by atoms with van der Waals surface area (Å²) in [6.07, 6.45) is -2.94. The van der Waals surface area contributed by atoms with Gasteiger partial charge in [-0.15, -0.1) is 11.3 Å².